The van der Waals surface area contributed by atoms with Gasteiger partial charge in [0.2, 0.25) is 0 Å². The smallest absolute Gasteiger partial charge is 0.309 e. The minimum atomic E-state index is -0.710. The van der Waals surface area contributed by atoms with Gasteiger partial charge in [-0.2, -0.15) is 0 Å². The molecule has 2 N–H and O–H groups in total. The molecule has 0 aromatic heterocycles. The van der Waals surface area contributed by atoms with Crippen molar-refractivity contribution in [2.45, 2.75) is 33.1 Å². The van der Waals surface area contributed by atoms with Crippen LogP contribution in [0.4, 0.5) is 0 Å². The summed E-state index contributed by atoms with van der Waals surface area (Å²) in [4.78, 5) is 13.3. The first-order valence-electron chi connectivity index (χ1n) is 6.54. The number of likely N-dealkylation sites (tertiary alicyclic amines) is 1. The Kier molecular flexibility index (Phi) is 5.40. The SMILES string of the molecule is CN1CCC(CNCCC(C)(C)C(=O)O)CC1. The Hall–Kier alpha value is -0.610. The topological polar surface area (TPSA) is 52.6 Å². The van der Waals surface area contributed by atoms with E-state index in [9.17, 15) is 4.79 Å². The van der Waals surface area contributed by atoms with Gasteiger partial charge in [0.15, 0.2) is 0 Å². The molecule has 1 fully saturated rings. The highest BCUT2D eigenvalue weighted by Crippen LogP contribution is 2.20. The number of piperidine rings is 1. The summed E-state index contributed by atoms with van der Waals surface area (Å²) in [5.74, 6) is 0.0535. The van der Waals surface area contributed by atoms with Gasteiger partial charge in [0.05, 0.1) is 5.41 Å². The summed E-state index contributed by atoms with van der Waals surface area (Å²) in [5.41, 5.74) is -0.611. The highest BCUT2D eigenvalue weighted by atomic mass is 16.4. The number of aliphatic carboxylic acids is 1. The maximum absolute atomic E-state index is 10.9. The zero-order chi connectivity index (χ0) is 12.9. The van der Waals surface area contributed by atoms with Crippen molar-refractivity contribution in [3.05, 3.63) is 0 Å². The van der Waals surface area contributed by atoms with Crippen molar-refractivity contribution < 1.29 is 9.90 Å². The molecule has 1 aliphatic heterocycles. The lowest BCUT2D eigenvalue weighted by Gasteiger charge is -2.29. The Morgan fingerprint density at radius 1 is 1.41 bits per heavy atom. The van der Waals surface area contributed by atoms with Crippen molar-refractivity contribution in [1.82, 2.24) is 10.2 Å². The van der Waals surface area contributed by atoms with Gasteiger partial charge in [0.25, 0.3) is 0 Å². The zero-order valence-electron chi connectivity index (χ0n) is 11.3. The van der Waals surface area contributed by atoms with E-state index in [0.717, 1.165) is 19.0 Å². The lowest BCUT2D eigenvalue weighted by Crippen LogP contribution is -2.36. The van der Waals surface area contributed by atoms with E-state index in [-0.39, 0.29) is 0 Å². The highest BCUT2D eigenvalue weighted by Gasteiger charge is 2.26. The lowest BCUT2D eigenvalue weighted by molar-refractivity contribution is -0.147. The van der Waals surface area contributed by atoms with Crippen molar-refractivity contribution in [2.24, 2.45) is 11.3 Å². The number of hydrogen-bond donors (Lipinski definition) is 2. The van der Waals surface area contributed by atoms with Gasteiger partial charge in [0, 0.05) is 0 Å². The van der Waals surface area contributed by atoms with Crippen LogP contribution in [0.3, 0.4) is 0 Å². The molecule has 1 heterocycles. The second-order valence-electron chi connectivity index (χ2n) is 5.89. The van der Waals surface area contributed by atoms with Crippen LogP contribution >= 0.6 is 0 Å². The summed E-state index contributed by atoms with van der Waals surface area (Å²) in [6, 6.07) is 0. The fraction of sp³-hybridized carbons (Fsp3) is 0.923. The molecule has 1 aliphatic rings. The first kappa shape index (κ1) is 14.5. The molecule has 0 unspecified atom stereocenters. The monoisotopic (exact) mass is 242 g/mol. The minimum absolute atomic E-state index is 0.611. The third-order valence-corrected chi connectivity index (χ3v) is 3.78. The number of carboxylic acid groups (broad SMARTS) is 1. The average molecular weight is 242 g/mol. The Balaban J connectivity index is 2.10. The van der Waals surface area contributed by atoms with Gasteiger partial charge in [-0.05, 0) is 72.3 Å². The van der Waals surface area contributed by atoms with Crippen LogP contribution in [0.25, 0.3) is 0 Å². The Morgan fingerprint density at radius 3 is 2.53 bits per heavy atom. The third-order valence-electron chi connectivity index (χ3n) is 3.78. The summed E-state index contributed by atoms with van der Waals surface area (Å²) in [6.45, 7) is 7.77. The molecule has 4 heteroatoms. The van der Waals surface area contributed by atoms with Crippen LogP contribution < -0.4 is 5.32 Å². The maximum atomic E-state index is 10.9. The maximum Gasteiger partial charge on any atom is 0.309 e. The zero-order valence-corrected chi connectivity index (χ0v) is 11.3. The van der Waals surface area contributed by atoms with E-state index in [0.29, 0.717) is 6.42 Å². The molecular formula is C13H26N2O2. The van der Waals surface area contributed by atoms with E-state index in [2.05, 4.69) is 17.3 Å². The second kappa shape index (κ2) is 6.36. The summed E-state index contributed by atoms with van der Waals surface area (Å²) in [5, 5.41) is 12.4. The lowest BCUT2D eigenvalue weighted by atomic mass is 9.89. The number of carboxylic acids is 1. The second-order valence-corrected chi connectivity index (χ2v) is 5.89. The van der Waals surface area contributed by atoms with Crippen LogP contribution in [0.5, 0.6) is 0 Å². The first-order valence-corrected chi connectivity index (χ1v) is 6.54. The van der Waals surface area contributed by atoms with Gasteiger partial charge in [-0.25, -0.2) is 0 Å². The van der Waals surface area contributed by atoms with Crippen LogP contribution in [0.2, 0.25) is 0 Å². The molecule has 4 nitrogen and oxygen atoms in total. The quantitative estimate of drug-likeness (QED) is 0.692. The van der Waals surface area contributed by atoms with E-state index < -0.39 is 11.4 Å². The summed E-state index contributed by atoms with van der Waals surface area (Å²) in [6.07, 6.45) is 3.20. The van der Waals surface area contributed by atoms with Crippen molar-refractivity contribution in [2.75, 3.05) is 33.2 Å². The van der Waals surface area contributed by atoms with Gasteiger partial charge in [-0.3, -0.25) is 4.79 Å². The molecule has 17 heavy (non-hydrogen) atoms. The minimum Gasteiger partial charge on any atom is -0.481 e. The van der Waals surface area contributed by atoms with Gasteiger partial charge < -0.3 is 15.3 Å². The molecule has 0 bridgehead atoms. The molecule has 1 saturated heterocycles. The number of carbonyl (C=O) groups is 1. The molecule has 0 aromatic rings. The number of hydrogen-bond acceptors (Lipinski definition) is 3. The predicted octanol–water partition coefficient (Wildman–Crippen LogP) is 1.42. The molecule has 0 aliphatic carbocycles. The number of nitrogens with one attached hydrogen (secondary N) is 1. The summed E-state index contributed by atoms with van der Waals surface area (Å²) >= 11 is 0. The molecule has 0 spiro atoms. The van der Waals surface area contributed by atoms with Gasteiger partial charge in [-0.15, -0.1) is 0 Å². The molecule has 0 radical (unpaired) electrons. The standard InChI is InChI=1S/C13H26N2O2/c1-13(2,12(16)17)6-7-14-10-11-4-8-15(3)9-5-11/h11,14H,4-10H2,1-3H3,(H,16,17). The Labute approximate surface area is 104 Å². The van der Waals surface area contributed by atoms with E-state index in [4.69, 9.17) is 5.11 Å². The molecule has 1 rings (SSSR count). The molecule has 0 amide bonds. The Bertz CT molecular complexity index is 246. The summed E-state index contributed by atoms with van der Waals surface area (Å²) in [7, 11) is 2.17. The van der Waals surface area contributed by atoms with Gasteiger partial charge in [0.1, 0.15) is 0 Å². The predicted molar refractivity (Wildman–Crippen MR) is 69.1 cm³/mol. The van der Waals surface area contributed by atoms with Crippen LogP contribution in [-0.2, 0) is 4.79 Å². The molecule has 0 aromatic carbocycles. The van der Waals surface area contributed by atoms with Gasteiger partial charge >= 0.3 is 5.97 Å². The normalized spacial score (nSPS) is 19.5. The van der Waals surface area contributed by atoms with Crippen LogP contribution in [0.15, 0.2) is 0 Å². The van der Waals surface area contributed by atoms with E-state index in [1.165, 1.54) is 25.9 Å². The van der Waals surface area contributed by atoms with Crippen LogP contribution in [0, 0.1) is 11.3 Å². The fourth-order valence-electron chi connectivity index (χ4n) is 2.08. The fourth-order valence-corrected chi connectivity index (χ4v) is 2.08. The van der Waals surface area contributed by atoms with Crippen molar-refractivity contribution in [1.29, 1.82) is 0 Å². The van der Waals surface area contributed by atoms with E-state index >= 15 is 0 Å². The van der Waals surface area contributed by atoms with Crippen molar-refractivity contribution in [3.63, 3.8) is 0 Å². The van der Waals surface area contributed by atoms with Crippen LogP contribution in [-0.4, -0.2) is 49.2 Å². The first-order chi connectivity index (χ1) is 7.92. The molecule has 0 saturated carbocycles. The third kappa shape index (κ3) is 5.04. The summed E-state index contributed by atoms with van der Waals surface area (Å²) < 4.78 is 0. The van der Waals surface area contributed by atoms with Crippen LogP contribution in [0.1, 0.15) is 33.1 Å². The van der Waals surface area contributed by atoms with E-state index in [1.54, 1.807) is 13.8 Å². The average Bonchev–Trinajstić information content (AvgIpc) is 2.26. The molecule has 100 valence electrons. The molecule has 0 atom stereocenters. The van der Waals surface area contributed by atoms with Gasteiger partial charge in [-0.1, -0.05) is 0 Å². The largest absolute Gasteiger partial charge is 0.481 e. The number of rotatable bonds is 6. The molecular weight excluding hydrogens is 216 g/mol. The number of nitrogens with zero attached hydrogens (tertiary/aromatic N) is 1. The van der Waals surface area contributed by atoms with Crippen molar-refractivity contribution in [3.8, 4) is 0 Å². The van der Waals surface area contributed by atoms with E-state index in [1.807, 2.05) is 0 Å². The Morgan fingerprint density at radius 2 is 2.00 bits per heavy atom. The van der Waals surface area contributed by atoms with Crippen molar-refractivity contribution >= 4 is 5.97 Å². The highest BCUT2D eigenvalue weighted by molar-refractivity contribution is 5.73.